The summed E-state index contributed by atoms with van der Waals surface area (Å²) in [6, 6.07) is 13.5. The molecule has 0 saturated carbocycles. The number of alkyl halides is 1. The highest BCUT2D eigenvalue weighted by Gasteiger charge is 2.26. The molecule has 0 radical (unpaired) electrons. The number of piperidine rings is 1. The third-order valence-corrected chi connectivity index (χ3v) is 5.67. The van der Waals surface area contributed by atoms with Crippen LogP contribution in [-0.2, 0) is 11.2 Å². The highest BCUT2D eigenvalue weighted by molar-refractivity contribution is 6.35. The maximum atomic E-state index is 13.0. The molecule has 1 atom stereocenters. The summed E-state index contributed by atoms with van der Waals surface area (Å²) in [7, 11) is 1.46. The Morgan fingerprint density at radius 1 is 1.19 bits per heavy atom. The van der Waals surface area contributed by atoms with Crippen molar-refractivity contribution >= 4 is 53.1 Å². The quantitative estimate of drug-likeness (QED) is 0.557. The molecule has 6 nitrogen and oxygen atoms in total. The Labute approximate surface area is 198 Å². The predicted octanol–water partition coefficient (Wildman–Crippen LogP) is 4.69. The smallest absolute Gasteiger partial charge is 0.269 e. The predicted molar refractivity (Wildman–Crippen MR) is 127 cm³/mol. The molecule has 31 heavy (non-hydrogen) atoms. The molecule has 2 N–H and O–H groups in total. The highest BCUT2D eigenvalue weighted by Crippen LogP contribution is 2.31. The molecule has 168 valence electrons. The molecule has 0 aromatic heterocycles. The lowest BCUT2D eigenvalue weighted by molar-refractivity contribution is -0.113. The van der Waals surface area contributed by atoms with Gasteiger partial charge >= 0.3 is 0 Å². The number of rotatable bonds is 7. The summed E-state index contributed by atoms with van der Waals surface area (Å²) < 4.78 is 5.37. The number of amides is 2. The lowest BCUT2D eigenvalue weighted by atomic mass is 9.97. The number of nitrogens with one attached hydrogen (secondary N) is 2. The molecule has 1 saturated heterocycles. The normalized spacial score (nSPS) is 16.2. The molecule has 1 aliphatic rings. The number of benzene rings is 2. The Hall–Kier alpha value is -1.99. The van der Waals surface area contributed by atoms with E-state index in [4.69, 9.17) is 27.9 Å². The minimum atomic E-state index is -0.394. The third kappa shape index (κ3) is 6.74. The largest absolute Gasteiger partial charge is 0.496 e. The first-order chi connectivity index (χ1) is 14.5. The van der Waals surface area contributed by atoms with Crippen LogP contribution in [0.4, 0.5) is 5.69 Å². The van der Waals surface area contributed by atoms with Crippen LogP contribution < -0.4 is 15.5 Å². The Kier molecular flexibility index (Phi) is 9.91. The first-order valence-corrected chi connectivity index (χ1v) is 10.8. The van der Waals surface area contributed by atoms with Crippen LogP contribution in [0.25, 0.3) is 0 Å². The van der Waals surface area contributed by atoms with Gasteiger partial charge in [-0.25, -0.2) is 5.01 Å². The number of methoxy groups -OCH3 is 1. The van der Waals surface area contributed by atoms with Crippen molar-refractivity contribution < 1.29 is 14.3 Å². The van der Waals surface area contributed by atoms with E-state index in [-0.39, 0.29) is 35.3 Å². The number of carbonyl (C=O) groups is 2. The number of carbonyl (C=O) groups excluding carboxylic acids is 2. The maximum absolute atomic E-state index is 13.0. The van der Waals surface area contributed by atoms with E-state index in [0.717, 1.165) is 32.2 Å². The number of anilines is 1. The van der Waals surface area contributed by atoms with Gasteiger partial charge in [0, 0.05) is 18.7 Å². The van der Waals surface area contributed by atoms with Crippen LogP contribution in [0.1, 0.15) is 35.2 Å². The average molecular weight is 487 g/mol. The van der Waals surface area contributed by atoms with E-state index in [0.29, 0.717) is 17.0 Å². The van der Waals surface area contributed by atoms with Crippen LogP contribution in [0.5, 0.6) is 5.75 Å². The van der Waals surface area contributed by atoms with Crippen molar-refractivity contribution in [2.75, 3.05) is 24.9 Å². The molecule has 2 amide bonds. The fourth-order valence-corrected chi connectivity index (χ4v) is 3.89. The molecule has 2 aromatic carbocycles. The van der Waals surface area contributed by atoms with E-state index in [1.165, 1.54) is 24.8 Å². The number of ether oxygens (including phenoxy) is 1. The lowest BCUT2D eigenvalue weighted by Crippen LogP contribution is -2.51. The van der Waals surface area contributed by atoms with E-state index in [2.05, 4.69) is 22.9 Å². The minimum absolute atomic E-state index is 0. The maximum Gasteiger partial charge on any atom is 0.269 e. The van der Waals surface area contributed by atoms with Crippen molar-refractivity contribution in [3.8, 4) is 5.75 Å². The van der Waals surface area contributed by atoms with Crippen molar-refractivity contribution in [3.63, 3.8) is 0 Å². The summed E-state index contributed by atoms with van der Waals surface area (Å²) in [6.07, 6.45) is 4.03. The van der Waals surface area contributed by atoms with Gasteiger partial charge in [0.25, 0.3) is 5.91 Å². The van der Waals surface area contributed by atoms with Crippen LogP contribution in [0.2, 0.25) is 5.02 Å². The Morgan fingerprint density at radius 3 is 2.61 bits per heavy atom. The van der Waals surface area contributed by atoms with Gasteiger partial charge in [-0.3, -0.25) is 15.0 Å². The molecule has 0 bridgehead atoms. The van der Waals surface area contributed by atoms with E-state index >= 15 is 0 Å². The topological polar surface area (TPSA) is 70.7 Å². The molecular formula is C22H26Cl3N3O3. The summed E-state index contributed by atoms with van der Waals surface area (Å²) in [5.74, 6) is -0.573. The van der Waals surface area contributed by atoms with E-state index < -0.39 is 5.91 Å². The van der Waals surface area contributed by atoms with E-state index in [9.17, 15) is 9.59 Å². The summed E-state index contributed by atoms with van der Waals surface area (Å²) >= 11 is 11.8. The van der Waals surface area contributed by atoms with Crippen LogP contribution in [0.15, 0.2) is 42.5 Å². The Morgan fingerprint density at radius 2 is 1.94 bits per heavy atom. The molecule has 1 heterocycles. The molecule has 2 aromatic rings. The molecule has 1 aliphatic heterocycles. The molecule has 1 fully saturated rings. The van der Waals surface area contributed by atoms with Gasteiger partial charge in [-0.1, -0.05) is 48.4 Å². The fourth-order valence-electron chi connectivity index (χ4n) is 3.62. The second-order valence-electron chi connectivity index (χ2n) is 7.19. The lowest BCUT2D eigenvalue weighted by Gasteiger charge is -2.36. The molecule has 9 heteroatoms. The molecule has 0 spiro atoms. The zero-order valence-corrected chi connectivity index (χ0v) is 19.5. The molecule has 3 rings (SSSR count). The van der Waals surface area contributed by atoms with Crippen molar-refractivity contribution in [1.29, 1.82) is 0 Å². The number of hydrogen-bond donors (Lipinski definition) is 2. The number of hydrogen-bond acceptors (Lipinski definition) is 4. The number of halogens is 3. The van der Waals surface area contributed by atoms with Crippen LogP contribution >= 0.6 is 35.6 Å². The second-order valence-corrected chi connectivity index (χ2v) is 7.86. The first kappa shape index (κ1) is 25.3. The van der Waals surface area contributed by atoms with Gasteiger partial charge in [-0.05, 0) is 30.9 Å². The Balaban J connectivity index is 0.00000341. The standard InChI is InChI=1S/C22H25Cl2N3O3.ClH/c1-30-20-13-19(25-21(28)14-23)18(24)12-17(20)22(29)26-27-10-6-5-9-16(27)11-15-7-3-2-4-8-15;/h2-4,7-8,12-13,16H,5-6,9-11,14H2,1H3,(H,25,28)(H,26,29);1H. The van der Waals surface area contributed by atoms with Crippen molar-refractivity contribution in [2.45, 2.75) is 31.7 Å². The van der Waals surface area contributed by atoms with Crippen LogP contribution in [0.3, 0.4) is 0 Å². The summed E-state index contributed by atoms with van der Waals surface area (Å²) in [6.45, 7) is 0.781. The highest BCUT2D eigenvalue weighted by atomic mass is 35.5. The average Bonchev–Trinajstić information content (AvgIpc) is 2.76. The van der Waals surface area contributed by atoms with Gasteiger partial charge in [0.05, 0.1) is 23.4 Å². The van der Waals surface area contributed by atoms with Gasteiger partial charge in [0.2, 0.25) is 5.91 Å². The van der Waals surface area contributed by atoms with E-state index in [1.807, 2.05) is 23.2 Å². The summed E-state index contributed by atoms with van der Waals surface area (Å²) in [5, 5.41) is 4.84. The first-order valence-electron chi connectivity index (χ1n) is 9.86. The monoisotopic (exact) mass is 485 g/mol. The van der Waals surface area contributed by atoms with Crippen LogP contribution in [0, 0.1) is 0 Å². The number of hydrazine groups is 1. The van der Waals surface area contributed by atoms with Crippen molar-refractivity contribution in [3.05, 3.63) is 58.6 Å². The SMILES string of the molecule is COc1cc(NC(=O)CCl)c(Cl)cc1C(=O)NN1CCCCC1Cc1ccccc1.Cl. The molecule has 1 unspecified atom stereocenters. The van der Waals surface area contributed by atoms with Gasteiger partial charge in [-0.2, -0.15) is 0 Å². The Bertz CT molecular complexity index is 896. The molecular weight excluding hydrogens is 461 g/mol. The summed E-state index contributed by atoms with van der Waals surface area (Å²) in [4.78, 5) is 24.6. The van der Waals surface area contributed by atoms with Gasteiger partial charge in [0.1, 0.15) is 11.6 Å². The minimum Gasteiger partial charge on any atom is -0.496 e. The number of nitrogens with zero attached hydrogens (tertiary/aromatic N) is 1. The van der Waals surface area contributed by atoms with Gasteiger partial charge in [0.15, 0.2) is 0 Å². The van der Waals surface area contributed by atoms with E-state index in [1.54, 1.807) is 0 Å². The zero-order valence-electron chi connectivity index (χ0n) is 17.2. The van der Waals surface area contributed by atoms with Crippen molar-refractivity contribution in [2.24, 2.45) is 0 Å². The van der Waals surface area contributed by atoms with Crippen LogP contribution in [-0.4, -0.2) is 42.4 Å². The second kappa shape index (κ2) is 12.2. The third-order valence-electron chi connectivity index (χ3n) is 5.12. The van der Waals surface area contributed by atoms with Crippen molar-refractivity contribution in [1.82, 2.24) is 10.4 Å². The summed E-state index contributed by atoms with van der Waals surface area (Å²) in [5.41, 5.74) is 4.91. The van der Waals surface area contributed by atoms with Gasteiger partial charge < -0.3 is 10.1 Å². The zero-order chi connectivity index (χ0) is 21.5. The molecule has 0 aliphatic carbocycles. The van der Waals surface area contributed by atoms with Gasteiger partial charge in [-0.15, -0.1) is 24.0 Å². The fraction of sp³-hybridized carbons (Fsp3) is 0.364.